The predicted octanol–water partition coefficient (Wildman–Crippen LogP) is 1.42. The molecule has 0 N–H and O–H groups in total. The SMILES string of the molecule is Cn1c(C(=O)N2CCCC3(CCOCC3)C2)cccc1=O. The molecule has 1 aromatic heterocycles. The van der Waals surface area contributed by atoms with Crippen molar-refractivity contribution in [2.45, 2.75) is 25.7 Å². The van der Waals surface area contributed by atoms with E-state index in [-0.39, 0.29) is 16.9 Å². The van der Waals surface area contributed by atoms with Gasteiger partial charge >= 0.3 is 0 Å². The van der Waals surface area contributed by atoms with Gasteiger partial charge in [-0.2, -0.15) is 0 Å². The Morgan fingerprint density at radius 1 is 1.24 bits per heavy atom. The topological polar surface area (TPSA) is 51.5 Å². The normalized spacial score (nSPS) is 21.5. The Labute approximate surface area is 124 Å². The molecule has 114 valence electrons. The minimum absolute atomic E-state index is 0.0271. The molecule has 0 atom stereocenters. The molecule has 5 nitrogen and oxygen atoms in total. The Kier molecular flexibility index (Phi) is 3.85. The Balaban J connectivity index is 1.81. The zero-order chi connectivity index (χ0) is 14.9. The second-order valence-electron chi connectivity index (χ2n) is 6.25. The first-order valence-electron chi connectivity index (χ1n) is 7.64. The van der Waals surface area contributed by atoms with Crippen LogP contribution >= 0.6 is 0 Å². The number of carbonyl (C=O) groups is 1. The molecule has 1 spiro atoms. The summed E-state index contributed by atoms with van der Waals surface area (Å²) in [6, 6.07) is 4.87. The van der Waals surface area contributed by atoms with E-state index in [2.05, 4.69) is 0 Å². The zero-order valence-electron chi connectivity index (χ0n) is 12.5. The first-order valence-corrected chi connectivity index (χ1v) is 7.64. The first kappa shape index (κ1) is 14.3. The summed E-state index contributed by atoms with van der Waals surface area (Å²) in [4.78, 5) is 26.4. The first-order chi connectivity index (χ1) is 10.1. The van der Waals surface area contributed by atoms with Gasteiger partial charge in [0, 0.05) is 39.4 Å². The molecule has 0 radical (unpaired) electrons. The van der Waals surface area contributed by atoms with E-state index in [4.69, 9.17) is 4.74 Å². The molecule has 21 heavy (non-hydrogen) atoms. The van der Waals surface area contributed by atoms with Crippen molar-refractivity contribution in [3.63, 3.8) is 0 Å². The summed E-state index contributed by atoms with van der Waals surface area (Å²) in [7, 11) is 1.66. The molecular formula is C16H22N2O3. The molecule has 0 aromatic carbocycles. The van der Waals surface area contributed by atoms with Gasteiger partial charge in [0.25, 0.3) is 11.5 Å². The van der Waals surface area contributed by atoms with Crippen molar-refractivity contribution in [1.82, 2.24) is 9.47 Å². The van der Waals surface area contributed by atoms with Crippen molar-refractivity contribution in [2.24, 2.45) is 12.5 Å². The fraction of sp³-hybridized carbons (Fsp3) is 0.625. The molecule has 2 aliphatic rings. The van der Waals surface area contributed by atoms with Crippen LogP contribution in [0.5, 0.6) is 0 Å². The van der Waals surface area contributed by atoms with E-state index in [0.717, 1.165) is 45.6 Å². The predicted molar refractivity (Wildman–Crippen MR) is 79.3 cm³/mol. The number of rotatable bonds is 1. The van der Waals surface area contributed by atoms with Crippen LogP contribution in [-0.2, 0) is 11.8 Å². The molecule has 2 saturated heterocycles. The summed E-state index contributed by atoms with van der Waals surface area (Å²) in [5, 5.41) is 0. The number of likely N-dealkylation sites (tertiary alicyclic amines) is 1. The standard InChI is InChI=1S/C16H22N2O3/c1-17-13(4-2-5-14(17)19)15(20)18-9-3-6-16(12-18)7-10-21-11-8-16/h2,4-5H,3,6-12H2,1H3. The van der Waals surface area contributed by atoms with Gasteiger partial charge in [-0.05, 0) is 37.2 Å². The lowest BCUT2D eigenvalue weighted by Gasteiger charge is -2.45. The molecule has 3 rings (SSSR count). The average molecular weight is 290 g/mol. The smallest absolute Gasteiger partial charge is 0.270 e. The van der Waals surface area contributed by atoms with Gasteiger partial charge in [0.2, 0.25) is 0 Å². The maximum absolute atomic E-state index is 12.7. The molecule has 0 aliphatic carbocycles. The van der Waals surface area contributed by atoms with E-state index >= 15 is 0 Å². The minimum Gasteiger partial charge on any atom is -0.381 e. The summed E-state index contributed by atoms with van der Waals surface area (Å²) in [6.45, 7) is 3.17. The van der Waals surface area contributed by atoms with Crippen LogP contribution in [0.1, 0.15) is 36.2 Å². The number of piperidine rings is 1. The maximum atomic E-state index is 12.7. The number of amides is 1. The third-order valence-corrected chi connectivity index (χ3v) is 4.91. The van der Waals surface area contributed by atoms with E-state index in [0.29, 0.717) is 5.69 Å². The molecule has 3 heterocycles. The van der Waals surface area contributed by atoms with Crippen molar-refractivity contribution in [1.29, 1.82) is 0 Å². The second-order valence-corrected chi connectivity index (χ2v) is 6.25. The van der Waals surface area contributed by atoms with Crippen molar-refractivity contribution in [3.8, 4) is 0 Å². The zero-order valence-corrected chi connectivity index (χ0v) is 12.5. The van der Waals surface area contributed by atoms with Crippen LogP contribution in [0.2, 0.25) is 0 Å². The van der Waals surface area contributed by atoms with Gasteiger partial charge in [0.05, 0.1) is 0 Å². The monoisotopic (exact) mass is 290 g/mol. The minimum atomic E-state index is -0.140. The summed E-state index contributed by atoms with van der Waals surface area (Å²) in [6.07, 6.45) is 4.27. The highest BCUT2D eigenvalue weighted by atomic mass is 16.5. The van der Waals surface area contributed by atoms with Gasteiger partial charge < -0.3 is 14.2 Å². The number of carbonyl (C=O) groups excluding carboxylic acids is 1. The van der Waals surface area contributed by atoms with Crippen LogP contribution < -0.4 is 5.56 Å². The van der Waals surface area contributed by atoms with Crippen molar-refractivity contribution in [2.75, 3.05) is 26.3 Å². The third-order valence-electron chi connectivity index (χ3n) is 4.91. The number of aromatic nitrogens is 1. The fourth-order valence-electron chi connectivity index (χ4n) is 3.53. The van der Waals surface area contributed by atoms with E-state index in [1.54, 1.807) is 19.2 Å². The lowest BCUT2D eigenvalue weighted by Crippen LogP contribution is -2.49. The van der Waals surface area contributed by atoms with Crippen molar-refractivity contribution < 1.29 is 9.53 Å². The Bertz CT molecular complexity index is 582. The van der Waals surface area contributed by atoms with E-state index < -0.39 is 0 Å². The molecule has 0 bridgehead atoms. The van der Waals surface area contributed by atoms with Crippen molar-refractivity contribution >= 4 is 5.91 Å². The highest BCUT2D eigenvalue weighted by Gasteiger charge is 2.38. The van der Waals surface area contributed by atoms with Crippen LogP contribution in [0.4, 0.5) is 0 Å². The highest BCUT2D eigenvalue weighted by Crippen LogP contribution is 2.39. The summed E-state index contributed by atoms with van der Waals surface area (Å²) in [5.41, 5.74) is 0.560. The van der Waals surface area contributed by atoms with E-state index in [1.165, 1.54) is 17.1 Å². The molecule has 1 amide bonds. The van der Waals surface area contributed by atoms with Gasteiger partial charge in [0.1, 0.15) is 5.69 Å². The van der Waals surface area contributed by atoms with Crippen LogP contribution in [-0.4, -0.2) is 41.7 Å². The Morgan fingerprint density at radius 2 is 2.00 bits per heavy atom. The fourth-order valence-corrected chi connectivity index (χ4v) is 3.53. The van der Waals surface area contributed by atoms with Gasteiger partial charge in [-0.3, -0.25) is 9.59 Å². The van der Waals surface area contributed by atoms with Gasteiger partial charge in [0.15, 0.2) is 0 Å². The molecule has 2 aliphatic heterocycles. The summed E-state index contributed by atoms with van der Waals surface area (Å²) >= 11 is 0. The Morgan fingerprint density at radius 3 is 2.76 bits per heavy atom. The van der Waals surface area contributed by atoms with E-state index in [9.17, 15) is 9.59 Å². The van der Waals surface area contributed by atoms with Crippen LogP contribution in [0, 0.1) is 5.41 Å². The molecule has 2 fully saturated rings. The van der Waals surface area contributed by atoms with Crippen LogP contribution in [0.25, 0.3) is 0 Å². The molecule has 0 saturated carbocycles. The van der Waals surface area contributed by atoms with Gasteiger partial charge in [-0.15, -0.1) is 0 Å². The van der Waals surface area contributed by atoms with Crippen LogP contribution in [0.15, 0.2) is 23.0 Å². The number of nitrogens with zero attached hydrogens (tertiary/aromatic N) is 2. The summed E-state index contributed by atoms with van der Waals surface area (Å²) in [5.74, 6) is -0.0271. The lowest BCUT2D eigenvalue weighted by molar-refractivity contribution is -0.0231. The largest absolute Gasteiger partial charge is 0.381 e. The van der Waals surface area contributed by atoms with Gasteiger partial charge in [-0.1, -0.05) is 6.07 Å². The maximum Gasteiger partial charge on any atom is 0.270 e. The molecule has 1 aromatic rings. The van der Waals surface area contributed by atoms with E-state index in [1.807, 2.05) is 4.90 Å². The molecule has 0 unspecified atom stereocenters. The van der Waals surface area contributed by atoms with Crippen LogP contribution in [0.3, 0.4) is 0 Å². The number of hydrogen-bond donors (Lipinski definition) is 0. The Hall–Kier alpha value is -1.62. The average Bonchev–Trinajstić information content (AvgIpc) is 2.50. The second kappa shape index (κ2) is 5.64. The third kappa shape index (κ3) is 2.75. The lowest BCUT2D eigenvalue weighted by atomic mass is 9.74. The number of pyridine rings is 1. The quantitative estimate of drug-likeness (QED) is 0.786. The van der Waals surface area contributed by atoms with Gasteiger partial charge in [-0.25, -0.2) is 0 Å². The summed E-state index contributed by atoms with van der Waals surface area (Å²) < 4.78 is 6.90. The molecule has 5 heteroatoms. The number of ether oxygens (including phenoxy) is 1. The molecular weight excluding hydrogens is 268 g/mol. The number of hydrogen-bond acceptors (Lipinski definition) is 3. The highest BCUT2D eigenvalue weighted by molar-refractivity contribution is 5.92. The van der Waals surface area contributed by atoms with Crippen molar-refractivity contribution in [3.05, 3.63) is 34.2 Å².